The number of fused-ring (bicyclic) bond motifs is 4. The lowest BCUT2D eigenvalue weighted by atomic mass is 9.95. The quantitative estimate of drug-likeness (QED) is 0.286. The summed E-state index contributed by atoms with van der Waals surface area (Å²) >= 11 is 1.39. The zero-order valence-electron chi connectivity index (χ0n) is 19.8. The molecule has 2 amide bonds. The summed E-state index contributed by atoms with van der Waals surface area (Å²) in [4.78, 5) is 29.8. The number of aryl methyl sites for hydroxylation is 2. The lowest BCUT2D eigenvalue weighted by molar-refractivity contribution is -0.116. The van der Waals surface area contributed by atoms with Crippen LogP contribution >= 0.6 is 11.3 Å². The average molecular weight is 495 g/mol. The molecule has 6 nitrogen and oxygen atoms in total. The Kier molecular flexibility index (Phi) is 5.99. The molecule has 180 valence electrons. The van der Waals surface area contributed by atoms with E-state index in [0.29, 0.717) is 23.7 Å². The standard InChI is InChI=1S/C29H26N4O2S/c34-27(16-17-33-24-12-6-4-10-21(24)22-11-5-7-13-25(22)33)30-20-14-15-23-26(18-20)36-29(31-23)32-28(35)19-8-2-1-3-9-19/h1-4,6,8-10,12,14-15,18H,5,7,11,13,16-17H2,(H,30,34)(H,31,32,35). The molecule has 6 rings (SSSR count). The highest BCUT2D eigenvalue weighted by Gasteiger charge is 2.20. The van der Waals surface area contributed by atoms with E-state index in [4.69, 9.17) is 0 Å². The molecule has 0 saturated heterocycles. The van der Waals surface area contributed by atoms with Gasteiger partial charge in [0.15, 0.2) is 5.13 Å². The van der Waals surface area contributed by atoms with Gasteiger partial charge in [0.1, 0.15) is 0 Å². The number of amides is 2. The van der Waals surface area contributed by atoms with Crippen LogP contribution in [0.1, 0.15) is 40.9 Å². The van der Waals surface area contributed by atoms with E-state index in [-0.39, 0.29) is 11.8 Å². The van der Waals surface area contributed by atoms with Crippen molar-refractivity contribution in [3.63, 3.8) is 0 Å². The van der Waals surface area contributed by atoms with Crippen LogP contribution < -0.4 is 10.6 Å². The first-order chi connectivity index (χ1) is 17.7. The molecular formula is C29H26N4O2S. The van der Waals surface area contributed by atoms with Gasteiger partial charge in [0.2, 0.25) is 5.91 Å². The second-order valence-corrected chi connectivity index (χ2v) is 10.2. The molecule has 0 saturated carbocycles. The monoisotopic (exact) mass is 494 g/mol. The number of para-hydroxylation sites is 1. The third-order valence-corrected chi connectivity index (χ3v) is 7.71. The van der Waals surface area contributed by atoms with Gasteiger partial charge in [-0.15, -0.1) is 0 Å². The molecule has 2 heterocycles. The van der Waals surface area contributed by atoms with Gasteiger partial charge in [-0.05, 0) is 67.6 Å². The van der Waals surface area contributed by atoms with E-state index >= 15 is 0 Å². The smallest absolute Gasteiger partial charge is 0.257 e. The summed E-state index contributed by atoms with van der Waals surface area (Å²) in [7, 11) is 0. The van der Waals surface area contributed by atoms with Crippen molar-refractivity contribution < 1.29 is 9.59 Å². The lowest BCUT2D eigenvalue weighted by Gasteiger charge is -2.16. The van der Waals surface area contributed by atoms with Gasteiger partial charge in [-0.25, -0.2) is 4.98 Å². The number of benzene rings is 3. The minimum Gasteiger partial charge on any atom is -0.344 e. The fourth-order valence-corrected chi connectivity index (χ4v) is 5.99. The van der Waals surface area contributed by atoms with Crippen LogP contribution in [0.2, 0.25) is 0 Å². The Morgan fingerprint density at radius 3 is 2.61 bits per heavy atom. The molecule has 0 fully saturated rings. The van der Waals surface area contributed by atoms with Gasteiger partial charge in [-0.1, -0.05) is 47.7 Å². The average Bonchev–Trinajstić information content (AvgIpc) is 3.46. The molecular weight excluding hydrogens is 468 g/mol. The minimum atomic E-state index is -0.192. The highest BCUT2D eigenvalue weighted by molar-refractivity contribution is 7.22. The maximum Gasteiger partial charge on any atom is 0.257 e. The molecule has 0 atom stereocenters. The van der Waals surface area contributed by atoms with Crippen molar-refractivity contribution in [1.82, 2.24) is 9.55 Å². The molecule has 5 aromatic rings. The van der Waals surface area contributed by atoms with Gasteiger partial charge >= 0.3 is 0 Å². The van der Waals surface area contributed by atoms with Crippen LogP contribution in [-0.4, -0.2) is 21.4 Å². The molecule has 0 unspecified atom stereocenters. The molecule has 1 aliphatic rings. The van der Waals surface area contributed by atoms with Crippen molar-refractivity contribution in [3.8, 4) is 0 Å². The number of hydrogen-bond donors (Lipinski definition) is 2. The van der Waals surface area contributed by atoms with Crippen molar-refractivity contribution in [1.29, 1.82) is 0 Å². The van der Waals surface area contributed by atoms with Crippen LogP contribution in [-0.2, 0) is 24.2 Å². The zero-order valence-corrected chi connectivity index (χ0v) is 20.6. The minimum absolute atomic E-state index is 0.0150. The van der Waals surface area contributed by atoms with Gasteiger partial charge < -0.3 is 9.88 Å². The first-order valence-corrected chi connectivity index (χ1v) is 13.1. The first-order valence-electron chi connectivity index (χ1n) is 12.3. The number of thiazole rings is 1. The van der Waals surface area contributed by atoms with Gasteiger partial charge in [0.05, 0.1) is 10.2 Å². The summed E-state index contributed by atoms with van der Waals surface area (Å²) in [6, 6.07) is 23.2. The molecule has 0 spiro atoms. The summed E-state index contributed by atoms with van der Waals surface area (Å²) in [5.41, 5.74) is 6.19. The van der Waals surface area contributed by atoms with Crippen LogP contribution in [0.5, 0.6) is 0 Å². The first kappa shape index (κ1) is 22.5. The van der Waals surface area contributed by atoms with E-state index in [1.807, 2.05) is 36.4 Å². The van der Waals surface area contributed by atoms with E-state index in [2.05, 4.69) is 44.5 Å². The van der Waals surface area contributed by atoms with Crippen LogP contribution in [0, 0.1) is 0 Å². The Hall–Kier alpha value is -3.97. The lowest BCUT2D eigenvalue weighted by Crippen LogP contribution is -2.16. The van der Waals surface area contributed by atoms with Crippen LogP contribution in [0.25, 0.3) is 21.1 Å². The molecule has 0 radical (unpaired) electrons. The number of carbonyl (C=O) groups excluding carboxylic acids is 2. The van der Waals surface area contributed by atoms with Crippen LogP contribution in [0.4, 0.5) is 10.8 Å². The zero-order chi connectivity index (χ0) is 24.5. The summed E-state index contributed by atoms with van der Waals surface area (Å²) in [6.07, 6.45) is 5.05. The van der Waals surface area contributed by atoms with Gasteiger partial charge in [0, 0.05) is 40.8 Å². The summed E-state index contributed by atoms with van der Waals surface area (Å²) < 4.78 is 3.25. The fraction of sp³-hybridized carbons (Fsp3) is 0.207. The van der Waals surface area contributed by atoms with E-state index in [0.717, 1.165) is 28.7 Å². The molecule has 2 aromatic heterocycles. The highest BCUT2D eigenvalue weighted by atomic mass is 32.1. The van der Waals surface area contributed by atoms with E-state index in [1.54, 1.807) is 12.1 Å². The maximum atomic E-state index is 12.9. The number of aromatic nitrogens is 2. The Morgan fingerprint density at radius 2 is 1.72 bits per heavy atom. The molecule has 1 aliphatic carbocycles. The van der Waals surface area contributed by atoms with E-state index < -0.39 is 0 Å². The highest BCUT2D eigenvalue weighted by Crippen LogP contribution is 2.32. The normalized spacial score (nSPS) is 13.0. The predicted octanol–water partition coefficient (Wildman–Crippen LogP) is 6.41. The van der Waals surface area contributed by atoms with Crippen molar-refractivity contribution >= 4 is 55.1 Å². The van der Waals surface area contributed by atoms with E-state index in [9.17, 15) is 9.59 Å². The third-order valence-electron chi connectivity index (χ3n) is 6.78. The Balaban J connectivity index is 1.14. The molecule has 3 aromatic carbocycles. The molecule has 36 heavy (non-hydrogen) atoms. The van der Waals surface area contributed by atoms with Gasteiger partial charge in [0.25, 0.3) is 5.91 Å². The predicted molar refractivity (Wildman–Crippen MR) is 146 cm³/mol. The summed E-state index contributed by atoms with van der Waals surface area (Å²) in [6.45, 7) is 0.667. The van der Waals surface area contributed by atoms with Crippen LogP contribution in [0.3, 0.4) is 0 Å². The molecule has 0 bridgehead atoms. The number of rotatable bonds is 6. The van der Waals surface area contributed by atoms with E-state index in [1.165, 1.54) is 46.3 Å². The second-order valence-electron chi connectivity index (χ2n) is 9.12. The van der Waals surface area contributed by atoms with Gasteiger partial charge in [-0.2, -0.15) is 0 Å². The number of hydrogen-bond acceptors (Lipinski definition) is 4. The van der Waals surface area contributed by atoms with Crippen LogP contribution in [0.15, 0.2) is 72.8 Å². The molecule has 0 aliphatic heterocycles. The Morgan fingerprint density at radius 1 is 0.917 bits per heavy atom. The second kappa shape index (κ2) is 9.59. The third kappa shape index (κ3) is 4.38. The number of nitrogens with one attached hydrogen (secondary N) is 2. The molecule has 7 heteroatoms. The number of nitrogens with zero attached hydrogens (tertiary/aromatic N) is 2. The SMILES string of the molecule is O=C(CCn1c2c(c3ccccc31)CCCC2)Nc1ccc2nc(NC(=O)c3ccccc3)sc2c1. The van der Waals surface area contributed by atoms with Gasteiger partial charge in [-0.3, -0.25) is 14.9 Å². The number of anilines is 2. The molecule has 2 N–H and O–H groups in total. The maximum absolute atomic E-state index is 12.9. The Bertz CT molecular complexity index is 1590. The summed E-state index contributed by atoms with van der Waals surface area (Å²) in [5, 5.41) is 7.77. The fourth-order valence-electron chi connectivity index (χ4n) is 5.09. The van der Waals surface area contributed by atoms with Crippen molar-refractivity contribution in [3.05, 3.63) is 89.6 Å². The van der Waals surface area contributed by atoms with Crippen molar-refractivity contribution in [2.45, 2.75) is 38.6 Å². The summed E-state index contributed by atoms with van der Waals surface area (Å²) in [5.74, 6) is -0.207. The Labute approximate surface area is 213 Å². The number of carbonyl (C=O) groups is 2. The van der Waals surface area contributed by atoms with Crippen molar-refractivity contribution in [2.75, 3.05) is 10.6 Å². The van der Waals surface area contributed by atoms with Crippen molar-refractivity contribution in [2.24, 2.45) is 0 Å². The topological polar surface area (TPSA) is 76.0 Å². The largest absolute Gasteiger partial charge is 0.344 e.